The van der Waals surface area contributed by atoms with Crippen molar-refractivity contribution in [2.75, 3.05) is 20.8 Å². The van der Waals surface area contributed by atoms with Crippen molar-refractivity contribution in [3.8, 4) is 0 Å². The van der Waals surface area contributed by atoms with Gasteiger partial charge in [-0.25, -0.2) is 4.39 Å². The van der Waals surface area contributed by atoms with E-state index in [9.17, 15) is 4.39 Å². The standard InChI is InChI=1S/C11H15BrFNO2/c1-15-11(16-2)7-14-6-8-5-9(12)3-4-10(8)13/h3-5,11,14H,6-7H2,1-2H3. The SMILES string of the molecule is COC(CNCc1cc(Br)ccc1F)OC. The summed E-state index contributed by atoms with van der Waals surface area (Å²) >= 11 is 3.30. The maximum atomic E-state index is 13.3. The molecule has 0 aromatic heterocycles. The zero-order valence-electron chi connectivity index (χ0n) is 9.30. The molecular weight excluding hydrogens is 277 g/mol. The van der Waals surface area contributed by atoms with Crippen molar-refractivity contribution in [1.82, 2.24) is 5.32 Å². The fourth-order valence-electron chi connectivity index (χ4n) is 1.27. The highest BCUT2D eigenvalue weighted by molar-refractivity contribution is 9.10. The average Bonchev–Trinajstić information content (AvgIpc) is 2.29. The molecule has 0 saturated heterocycles. The average molecular weight is 292 g/mol. The molecule has 0 bridgehead atoms. The van der Waals surface area contributed by atoms with Gasteiger partial charge in [0.05, 0.1) is 0 Å². The van der Waals surface area contributed by atoms with Crippen molar-refractivity contribution >= 4 is 15.9 Å². The first kappa shape index (κ1) is 13.6. The molecule has 1 aromatic carbocycles. The van der Waals surface area contributed by atoms with Crippen LogP contribution in [0.15, 0.2) is 22.7 Å². The molecule has 90 valence electrons. The Kier molecular flexibility index (Phi) is 5.90. The largest absolute Gasteiger partial charge is 0.355 e. The smallest absolute Gasteiger partial charge is 0.169 e. The molecule has 0 saturated carbocycles. The molecular formula is C11H15BrFNO2. The fourth-order valence-corrected chi connectivity index (χ4v) is 1.67. The van der Waals surface area contributed by atoms with Crippen LogP contribution in [-0.2, 0) is 16.0 Å². The number of hydrogen-bond donors (Lipinski definition) is 1. The Morgan fingerprint density at radius 1 is 1.38 bits per heavy atom. The highest BCUT2D eigenvalue weighted by Gasteiger charge is 2.06. The van der Waals surface area contributed by atoms with Crippen LogP contribution in [0.1, 0.15) is 5.56 Å². The van der Waals surface area contributed by atoms with E-state index in [1.807, 2.05) is 0 Å². The van der Waals surface area contributed by atoms with Crippen molar-refractivity contribution in [1.29, 1.82) is 0 Å². The van der Waals surface area contributed by atoms with Crippen LogP contribution in [0, 0.1) is 5.82 Å². The second-order valence-corrected chi connectivity index (χ2v) is 4.18. The zero-order valence-corrected chi connectivity index (χ0v) is 10.9. The van der Waals surface area contributed by atoms with E-state index >= 15 is 0 Å². The lowest BCUT2D eigenvalue weighted by Crippen LogP contribution is -2.29. The summed E-state index contributed by atoms with van der Waals surface area (Å²) in [5, 5.41) is 3.06. The molecule has 5 heteroatoms. The Labute approximate surface area is 103 Å². The van der Waals surface area contributed by atoms with Crippen molar-refractivity contribution in [2.45, 2.75) is 12.8 Å². The van der Waals surface area contributed by atoms with Crippen LogP contribution in [0.2, 0.25) is 0 Å². The predicted molar refractivity (Wildman–Crippen MR) is 63.6 cm³/mol. The van der Waals surface area contributed by atoms with Gasteiger partial charge < -0.3 is 14.8 Å². The Morgan fingerprint density at radius 3 is 2.69 bits per heavy atom. The highest BCUT2D eigenvalue weighted by atomic mass is 79.9. The first-order valence-corrected chi connectivity index (χ1v) is 5.67. The van der Waals surface area contributed by atoms with Gasteiger partial charge in [0.1, 0.15) is 5.82 Å². The summed E-state index contributed by atoms with van der Waals surface area (Å²) in [6, 6.07) is 4.86. The van der Waals surface area contributed by atoms with E-state index in [1.54, 1.807) is 26.4 Å². The summed E-state index contributed by atoms with van der Waals surface area (Å²) in [5.74, 6) is -0.220. The van der Waals surface area contributed by atoms with E-state index in [-0.39, 0.29) is 12.1 Å². The molecule has 0 radical (unpaired) electrons. The van der Waals surface area contributed by atoms with Gasteiger partial charge >= 0.3 is 0 Å². The van der Waals surface area contributed by atoms with E-state index in [0.717, 1.165) is 4.47 Å². The van der Waals surface area contributed by atoms with E-state index in [0.29, 0.717) is 18.7 Å². The summed E-state index contributed by atoms with van der Waals surface area (Å²) in [6.45, 7) is 0.952. The first-order valence-electron chi connectivity index (χ1n) is 4.87. The van der Waals surface area contributed by atoms with Crippen molar-refractivity contribution in [2.24, 2.45) is 0 Å². The van der Waals surface area contributed by atoms with E-state index in [4.69, 9.17) is 9.47 Å². The van der Waals surface area contributed by atoms with Crippen LogP contribution in [0.25, 0.3) is 0 Å². The van der Waals surface area contributed by atoms with Crippen LogP contribution in [0.5, 0.6) is 0 Å². The number of methoxy groups -OCH3 is 2. The minimum atomic E-state index is -0.310. The molecule has 0 aliphatic rings. The Bertz CT molecular complexity index is 332. The summed E-state index contributed by atoms with van der Waals surface area (Å²) in [4.78, 5) is 0. The van der Waals surface area contributed by atoms with Gasteiger partial charge in [-0.2, -0.15) is 0 Å². The molecule has 0 fully saturated rings. The number of rotatable bonds is 6. The summed E-state index contributed by atoms with van der Waals surface area (Å²) in [7, 11) is 3.13. The van der Waals surface area contributed by atoms with E-state index in [2.05, 4.69) is 21.2 Å². The van der Waals surface area contributed by atoms with Gasteiger partial charge in [-0.15, -0.1) is 0 Å². The molecule has 0 spiro atoms. The van der Waals surface area contributed by atoms with Gasteiger partial charge in [-0.1, -0.05) is 15.9 Å². The number of ether oxygens (including phenoxy) is 2. The molecule has 1 rings (SSSR count). The molecule has 16 heavy (non-hydrogen) atoms. The number of nitrogens with one attached hydrogen (secondary N) is 1. The molecule has 0 aliphatic heterocycles. The summed E-state index contributed by atoms with van der Waals surface area (Å²) < 4.78 is 24.2. The zero-order chi connectivity index (χ0) is 12.0. The molecule has 0 heterocycles. The fraction of sp³-hybridized carbons (Fsp3) is 0.455. The quantitative estimate of drug-likeness (QED) is 0.816. The van der Waals surface area contributed by atoms with Gasteiger partial charge in [-0.3, -0.25) is 0 Å². The third-order valence-electron chi connectivity index (χ3n) is 2.16. The molecule has 0 amide bonds. The maximum Gasteiger partial charge on any atom is 0.169 e. The minimum absolute atomic E-state index is 0.220. The lowest BCUT2D eigenvalue weighted by Gasteiger charge is -2.14. The van der Waals surface area contributed by atoms with Crippen LogP contribution < -0.4 is 5.32 Å². The topological polar surface area (TPSA) is 30.5 Å². The monoisotopic (exact) mass is 291 g/mol. The third kappa shape index (κ3) is 4.17. The van der Waals surface area contributed by atoms with Crippen LogP contribution in [0.4, 0.5) is 4.39 Å². The van der Waals surface area contributed by atoms with Crippen LogP contribution in [-0.4, -0.2) is 27.1 Å². The first-order chi connectivity index (χ1) is 7.67. The summed E-state index contributed by atoms with van der Waals surface area (Å²) in [6.07, 6.45) is -0.310. The van der Waals surface area contributed by atoms with Gasteiger partial charge in [0.2, 0.25) is 0 Å². The Balaban J connectivity index is 2.45. The third-order valence-corrected chi connectivity index (χ3v) is 2.65. The van der Waals surface area contributed by atoms with E-state index in [1.165, 1.54) is 6.07 Å². The minimum Gasteiger partial charge on any atom is -0.355 e. The molecule has 1 N–H and O–H groups in total. The van der Waals surface area contributed by atoms with Crippen LogP contribution in [0.3, 0.4) is 0 Å². The van der Waals surface area contributed by atoms with Gasteiger partial charge in [0.25, 0.3) is 0 Å². The van der Waals surface area contributed by atoms with E-state index < -0.39 is 0 Å². The van der Waals surface area contributed by atoms with Gasteiger partial charge in [0, 0.05) is 37.3 Å². The number of hydrogen-bond acceptors (Lipinski definition) is 3. The van der Waals surface area contributed by atoms with Crippen molar-refractivity contribution in [3.63, 3.8) is 0 Å². The van der Waals surface area contributed by atoms with Gasteiger partial charge in [0.15, 0.2) is 6.29 Å². The van der Waals surface area contributed by atoms with Crippen molar-refractivity contribution < 1.29 is 13.9 Å². The summed E-state index contributed by atoms with van der Waals surface area (Å²) in [5.41, 5.74) is 0.611. The Morgan fingerprint density at radius 2 is 2.06 bits per heavy atom. The molecule has 3 nitrogen and oxygen atoms in total. The number of benzene rings is 1. The number of halogens is 2. The van der Waals surface area contributed by atoms with Gasteiger partial charge in [-0.05, 0) is 18.2 Å². The molecule has 0 unspecified atom stereocenters. The normalized spacial score (nSPS) is 11.1. The second kappa shape index (κ2) is 6.96. The molecule has 0 aliphatic carbocycles. The maximum absolute atomic E-state index is 13.3. The Hall–Kier alpha value is -0.490. The molecule has 1 aromatic rings. The second-order valence-electron chi connectivity index (χ2n) is 3.27. The van der Waals surface area contributed by atoms with Crippen molar-refractivity contribution in [3.05, 3.63) is 34.1 Å². The predicted octanol–water partition coefficient (Wildman–Crippen LogP) is 2.30. The highest BCUT2D eigenvalue weighted by Crippen LogP contribution is 2.15. The lowest BCUT2D eigenvalue weighted by molar-refractivity contribution is -0.0989. The van der Waals surface area contributed by atoms with Crippen LogP contribution >= 0.6 is 15.9 Å². The lowest BCUT2D eigenvalue weighted by atomic mass is 10.2. The molecule has 0 atom stereocenters.